The van der Waals surface area contributed by atoms with Crippen LogP contribution in [0.15, 0.2) is 24.5 Å². The molecule has 0 radical (unpaired) electrons. The molecule has 2 fully saturated rings. The number of fused-ring (bicyclic) bond motifs is 1. The second kappa shape index (κ2) is 7.30. The van der Waals surface area contributed by atoms with Crippen molar-refractivity contribution in [1.29, 1.82) is 0 Å². The van der Waals surface area contributed by atoms with Crippen molar-refractivity contribution in [1.82, 2.24) is 14.8 Å². The van der Waals surface area contributed by atoms with Crippen LogP contribution in [0.4, 0.5) is 0 Å². The molecule has 0 N–H and O–H groups in total. The number of hydrogen-bond acceptors (Lipinski definition) is 4. The van der Waals surface area contributed by atoms with Crippen molar-refractivity contribution < 1.29 is 9.53 Å². The fourth-order valence-corrected chi connectivity index (χ4v) is 3.86. The lowest BCUT2D eigenvalue weighted by Gasteiger charge is -2.22. The minimum atomic E-state index is 0.226. The van der Waals surface area contributed by atoms with Gasteiger partial charge in [0.15, 0.2) is 0 Å². The van der Waals surface area contributed by atoms with Gasteiger partial charge in [0.05, 0.1) is 6.20 Å². The predicted molar refractivity (Wildman–Crippen MR) is 89.2 cm³/mol. The Morgan fingerprint density at radius 1 is 1.39 bits per heavy atom. The van der Waals surface area contributed by atoms with Crippen molar-refractivity contribution in [3.8, 4) is 5.75 Å². The lowest BCUT2D eigenvalue weighted by molar-refractivity contribution is -0.130. The Morgan fingerprint density at radius 2 is 2.26 bits per heavy atom. The van der Waals surface area contributed by atoms with Crippen LogP contribution in [-0.4, -0.2) is 60.5 Å². The lowest BCUT2D eigenvalue weighted by Crippen LogP contribution is -2.32. The van der Waals surface area contributed by atoms with Crippen LogP contribution in [0.5, 0.6) is 5.75 Å². The van der Waals surface area contributed by atoms with E-state index in [-0.39, 0.29) is 6.10 Å². The molecule has 2 heterocycles. The monoisotopic (exact) mass is 317 g/mol. The van der Waals surface area contributed by atoms with Crippen LogP contribution in [0.3, 0.4) is 0 Å². The van der Waals surface area contributed by atoms with E-state index >= 15 is 0 Å². The largest absolute Gasteiger partial charge is 0.488 e. The number of pyridine rings is 1. The molecule has 5 heteroatoms. The Balaban J connectivity index is 1.51. The molecular formula is C18H27N3O2. The van der Waals surface area contributed by atoms with Gasteiger partial charge in [-0.15, -0.1) is 0 Å². The van der Waals surface area contributed by atoms with Crippen molar-refractivity contribution in [2.45, 2.75) is 31.8 Å². The van der Waals surface area contributed by atoms with Gasteiger partial charge in [0.2, 0.25) is 5.91 Å². The van der Waals surface area contributed by atoms with E-state index in [0.29, 0.717) is 24.2 Å². The zero-order valence-electron chi connectivity index (χ0n) is 14.1. The van der Waals surface area contributed by atoms with Gasteiger partial charge in [0.25, 0.3) is 0 Å². The van der Waals surface area contributed by atoms with E-state index in [4.69, 9.17) is 4.74 Å². The summed E-state index contributed by atoms with van der Waals surface area (Å²) in [5.41, 5.74) is 0. The average Bonchev–Trinajstić information content (AvgIpc) is 3.10. The molecule has 1 aliphatic heterocycles. The molecule has 1 amide bonds. The third-order valence-electron chi connectivity index (χ3n) is 5.06. The quantitative estimate of drug-likeness (QED) is 0.805. The second-order valence-electron chi connectivity index (χ2n) is 7.05. The van der Waals surface area contributed by atoms with Gasteiger partial charge in [0.1, 0.15) is 11.9 Å². The summed E-state index contributed by atoms with van der Waals surface area (Å²) in [6.07, 6.45) is 7.60. The Hall–Kier alpha value is -1.62. The Bertz CT molecular complexity index is 520. The molecule has 0 unspecified atom stereocenters. The maximum Gasteiger partial charge on any atom is 0.222 e. The van der Waals surface area contributed by atoms with Gasteiger partial charge < -0.3 is 14.5 Å². The molecular weight excluding hydrogens is 290 g/mol. The molecule has 0 spiro atoms. The summed E-state index contributed by atoms with van der Waals surface area (Å²) in [5, 5.41) is 0. The zero-order valence-corrected chi connectivity index (χ0v) is 14.1. The van der Waals surface area contributed by atoms with Gasteiger partial charge >= 0.3 is 0 Å². The van der Waals surface area contributed by atoms with Crippen LogP contribution in [0.1, 0.15) is 25.7 Å². The zero-order chi connectivity index (χ0) is 16.2. The molecule has 5 nitrogen and oxygen atoms in total. The molecule has 1 saturated carbocycles. The Morgan fingerprint density at radius 3 is 3.00 bits per heavy atom. The number of nitrogens with zero attached hydrogens (tertiary/aromatic N) is 3. The molecule has 126 valence electrons. The highest BCUT2D eigenvalue weighted by molar-refractivity contribution is 5.76. The van der Waals surface area contributed by atoms with Crippen LogP contribution < -0.4 is 4.74 Å². The number of likely N-dealkylation sites (tertiary alicyclic amines) is 1. The van der Waals surface area contributed by atoms with E-state index in [0.717, 1.165) is 44.6 Å². The summed E-state index contributed by atoms with van der Waals surface area (Å²) in [7, 11) is 4.09. The number of carbonyl (C=O) groups is 1. The number of aromatic nitrogens is 1. The van der Waals surface area contributed by atoms with E-state index in [1.807, 2.05) is 26.2 Å². The minimum absolute atomic E-state index is 0.226. The van der Waals surface area contributed by atoms with Gasteiger partial charge in [-0.25, -0.2) is 0 Å². The van der Waals surface area contributed by atoms with Gasteiger partial charge in [0, 0.05) is 31.6 Å². The van der Waals surface area contributed by atoms with Gasteiger partial charge in [-0.2, -0.15) is 0 Å². The van der Waals surface area contributed by atoms with E-state index in [2.05, 4.69) is 14.8 Å². The van der Waals surface area contributed by atoms with E-state index in [1.165, 1.54) is 0 Å². The minimum Gasteiger partial charge on any atom is -0.488 e. The van der Waals surface area contributed by atoms with Crippen LogP contribution in [0, 0.1) is 11.8 Å². The first kappa shape index (κ1) is 16.2. The topological polar surface area (TPSA) is 45.7 Å². The van der Waals surface area contributed by atoms with Crippen LogP contribution in [0.25, 0.3) is 0 Å². The molecule has 3 atom stereocenters. The van der Waals surface area contributed by atoms with Gasteiger partial charge in [-0.05, 0) is 58.0 Å². The van der Waals surface area contributed by atoms with Gasteiger partial charge in [-0.3, -0.25) is 9.78 Å². The highest BCUT2D eigenvalue weighted by atomic mass is 16.5. The summed E-state index contributed by atoms with van der Waals surface area (Å²) < 4.78 is 6.12. The third-order valence-corrected chi connectivity index (χ3v) is 5.06. The molecule has 1 aromatic rings. The first-order chi connectivity index (χ1) is 11.1. The number of carbonyl (C=O) groups excluding carboxylic acids is 1. The summed E-state index contributed by atoms with van der Waals surface area (Å²) in [4.78, 5) is 20.7. The number of rotatable bonds is 6. The van der Waals surface area contributed by atoms with E-state index in [1.54, 1.807) is 12.4 Å². The number of amides is 1. The van der Waals surface area contributed by atoms with Crippen LogP contribution in [0.2, 0.25) is 0 Å². The van der Waals surface area contributed by atoms with Crippen LogP contribution >= 0.6 is 0 Å². The highest BCUT2D eigenvalue weighted by Gasteiger charge is 2.45. The number of ether oxygens (including phenoxy) is 1. The second-order valence-corrected chi connectivity index (χ2v) is 7.05. The lowest BCUT2D eigenvalue weighted by atomic mass is 9.99. The number of hydrogen-bond donors (Lipinski definition) is 0. The maximum absolute atomic E-state index is 12.4. The summed E-state index contributed by atoms with van der Waals surface area (Å²) in [6.45, 7) is 2.74. The molecule has 0 aromatic carbocycles. The summed E-state index contributed by atoms with van der Waals surface area (Å²) >= 11 is 0. The normalized spacial score (nSPS) is 26.6. The van der Waals surface area contributed by atoms with Gasteiger partial charge in [-0.1, -0.05) is 0 Å². The van der Waals surface area contributed by atoms with Crippen molar-refractivity contribution in [2.24, 2.45) is 11.8 Å². The summed E-state index contributed by atoms with van der Waals surface area (Å²) in [5.74, 6) is 2.23. The SMILES string of the molecule is CN(C)CCCC(=O)N1C[C@H]2CC[C@@H](Oc3cccnc3)[C@H]2C1. The fraction of sp³-hybridized carbons (Fsp3) is 0.667. The van der Waals surface area contributed by atoms with E-state index in [9.17, 15) is 4.79 Å². The molecule has 3 rings (SSSR count). The third kappa shape index (κ3) is 4.02. The Labute approximate surface area is 138 Å². The molecule has 0 bridgehead atoms. The average molecular weight is 317 g/mol. The molecule has 2 aliphatic rings. The first-order valence-electron chi connectivity index (χ1n) is 8.62. The van der Waals surface area contributed by atoms with Crippen LogP contribution in [-0.2, 0) is 4.79 Å². The van der Waals surface area contributed by atoms with Crippen molar-refractivity contribution >= 4 is 5.91 Å². The van der Waals surface area contributed by atoms with Crippen molar-refractivity contribution in [3.63, 3.8) is 0 Å². The standard InChI is InChI=1S/C18H27N3O2/c1-20(2)10-4-6-18(22)21-12-14-7-8-17(16(14)13-21)23-15-5-3-9-19-11-15/h3,5,9,11,14,16-17H,4,6-8,10,12-13H2,1-2H3/t14-,16+,17-/m1/s1. The smallest absolute Gasteiger partial charge is 0.222 e. The molecule has 1 saturated heterocycles. The summed E-state index contributed by atoms with van der Waals surface area (Å²) in [6, 6.07) is 3.86. The molecule has 23 heavy (non-hydrogen) atoms. The highest BCUT2D eigenvalue weighted by Crippen LogP contribution is 2.40. The predicted octanol–water partition coefficient (Wildman–Crippen LogP) is 2.04. The first-order valence-corrected chi connectivity index (χ1v) is 8.62. The van der Waals surface area contributed by atoms with Crippen molar-refractivity contribution in [3.05, 3.63) is 24.5 Å². The van der Waals surface area contributed by atoms with E-state index < -0.39 is 0 Å². The van der Waals surface area contributed by atoms with Crippen molar-refractivity contribution in [2.75, 3.05) is 33.7 Å². The molecule has 1 aromatic heterocycles. The fourth-order valence-electron chi connectivity index (χ4n) is 3.86. The Kier molecular flexibility index (Phi) is 5.16. The maximum atomic E-state index is 12.4. The molecule has 1 aliphatic carbocycles.